The van der Waals surface area contributed by atoms with Crippen LogP contribution in [0.5, 0.6) is 0 Å². The fourth-order valence-corrected chi connectivity index (χ4v) is 1.80. The molecule has 0 aliphatic heterocycles. The Hall–Kier alpha value is -2.14. The van der Waals surface area contributed by atoms with Gasteiger partial charge in [-0.1, -0.05) is 26.0 Å². The summed E-state index contributed by atoms with van der Waals surface area (Å²) in [6, 6.07) is 9.30. The number of amides is 1. The van der Waals surface area contributed by atoms with Crippen LogP contribution in [-0.4, -0.2) is 21.7 Å². The van der Waals surface area contributed by atoms with Crippen molar-refractivity contribution in [2.75, 3.05) is 0 Å². The van der Waals surface area contributed by atoms with Crippen molar-refractivity contribution < 1.29 is 4.79 Å². The van der Waals surface area contributed by atoms with Gasteiger partial charge in [-0.05, 0) is 29.7 Å². The molecule has 0 spiro atoms. The summed E-state index contributed by atoms with van der Waals surface area (Å²) in [6.07, 6.45) is 3.62. The second-order valence-corrected chi connectivity index (χ2v) is 5.10. The lowest BCUT2D eigenvalue weighted by Gasteiger charge is -2.15. The van der Waals surface area contributed by atoms with E-state index in [0.29, 0.717) is 6.54 Å². The van der Waals surface area contributed by atoms with Crippen LogP contribution >= 0.6 is 0 Å². The number of carbonyl (C=O) groups is 1. The van der Waals surface area contributed by atoms with Gasteiger partial charge in [-0.25, -0.2) is 4.68 Å². The van der Waals surface area contributed by atoms with Gasteiger partial charge in [-0.3, -0.25) is 4.79 Å². The molecule has 106 valence electrons. The Labute approximate surface area is 118 Å². The summed E-state index contributed by atoms with van der Waals surface area (Å²) in [5.41, 5.74) is 7.81. The molecule has 1 aromatic carbocycles. The molecule has 0 bridgehead atoms. The highest BCUT2D eigenvalue weighted by molar-refractivity contribution is 5.81. The number of hydrogen-bond donors (Lipinski definition) is 2. The Kier molecular flexibility index (Phi) is 4.53. The molecule has 0 aliphatic rings. The van der Waals surface area contributed by atoms with Crippen molar-refractivity contribution in [2.45, 2.75) is 26.4 Å². The molecule has 0 fully saturated rings. The fraction of sp³-hybridized carbons (Fsp3) is 0.333. The van der Waals surface area contributed by atoms with E-state index in [9.17, 15) is 4.79 Å². The topological polar surface area (TPSA) is 72.9 Å². The number of nitrogens with two attached hydrogens (primary N) is 1. The van der Waals surface area contributed by atoms with E-state index in [1.54, 1.807) is 10.9 Å². The Balaban J connectivity index is 1.93. The molecule has 2 aromatic rings. The number of aromatic nitrogens is 2. The lowest BCUT2D eigenvalue weighted by atomic mass is 10.0. The van der Waals surface area contributed by atoms with E-state index in [4.69, 9.17) is 5.73 Å². The van der Waals surface area contributed by atoms with Crippen molar-refractivity contribution >= 4 is 5.91 Å². The van der Waals surface area contributed by atoms with Gasteiger partial charge in [0, 0.05) is 18.9 Å². The summed E-state index contributed by atoms with van der Waals surface area (Å²) >= 11 is 0. The van der Waals surface area contributed by atoms with Crippen molar-refractivity contribution in [1.29, 1.82) is 0 Å². The Bertz CT molecular complexity index is 546. The normalized spacial score (nSPS) is 12.4. The molecule has 20 heavy (non-hydrogen) atoms. The van der Waals surface area contributed by atoms with Gasteiger partial charge in [0.05, 0.1) is 11.7 Å². The van der Waals surface area contributed by atoms with E-state index < -0.39 is 6.04 Å². The van der Waals surface area contributed by atoms with Gasteiger partial charge in [0.15, 0.2) is 0 Å². The van der Waals surface area contributed by atoms with Gasteiger partial charge in [-0.15, -0.1) is 0 Å². The molecule has 0 saturated heterocycles. The monoisotopic (exact) mass is 272 g/mol. The van der Waals surface area contributed by atoms with E-state index in [1.165, 1.54) is 0 Å². The van der Waals surface area contributed by atoms with Crippen LogP contribution in [0.4, 0.5) is 0 Å². The van der Waals surface area contributed by atoms with E-state index in [0.717, 1.165) is 11.3 Å². The average molecular weight is 272 g/mol. The molecule has 0 aliphatic carbocycles. The third-order valence-corrected chi connectivity index (χ3v) is 3.19. The summed E-state index contributed by atoms with van der Waals surface area (Å²) in [5, 5.41) is 7.01. The molecular formula is C15H20N4O. The van der Waals surface area contributed by atoms with Crippen LogP contribution in [-0.2, 0) is 11.3 Å². The maximum atomic E-state index is 11.8. The standard InChI is InChI=1S/C15H20N4O/c1-11(2)14(16)15(20)17-10-12-4-6-13(7-5-12)19-9-3-8-18-19/h3-9,11,14H,10,16H2,1-2H3,(H,17,20)/t14-/m0/s1. The van der Waals surface area contributed by atoms with Crippen molar-refractivity contribution in [3.63, 3.8) is 0 Å². The minimum absolute atomic E-state index is 0.115. The average Bonchev–Trinajstić information content (AvgIpc) is 2.98. The smallest absolute Gasteiger partial charge is 0.237 e. The highest BCUT2D eigenvalue weighted by Crippen LogP contribution is 2.08. The van der Waals surface area contributed by atoms with Crippen LogP contribution in [0.25, 0.3) is 5.69 Å². The number of carbonyl (C=O) groups excluding carboxylic acids is 1. The predicted octanol–water partition coefficient (Wildman–Crippen LogP) is 1.47. The molecule has 5 nitrogen and oxygen atoms in total. The lowest BCUT2D eigenvalue weighted by molar-refractivity contribution is -0.123. The first-order chi connectivity index (χ1) is 9.58. The van der Waals surface area contributed by atoms with E-state index >= 15 is 0 Å². The van der Waals surface area contributed by atoms with E-state index in [-0.39, 0.29) is 11.8 Å². The first-order valence-electron chi connectivity index (χ1n) is 6.70. The molecule has 5 heteroatoms. The zero-order chi connectivity index (χ0) is 14.5. The number of rotatable bonds is 5. The largest absolute Gasteiger partial charge is 0.351 e. The number of hydrogen-bond acceptors (Lipinski definition) is 3. The highest BCUT2D eigenvalue weighted by atomic mass is 16.2. The molecular weight excluding hydrogens is 252 g/mol. The molecule has 0 radical (unpaired) electrons. The van der Waals surface area contributed by atoms with Crippen molar-refractivity contribution in [3.05, 3.63) is 48.3 Å². The molecule has 1 heterocycles. The zero-order valence-electron chi connectivity index (χ0n) is 11.8. The van der Waals surface area contributed by atoms with Gasteiger partial charge >= 0.3 is 0 Å². The third kappa shape index (κ3) is 3.45. The summed E-state index contributed by atoms with van der Waals surface area (Å²) in [7, 11) is 0. The summed E-state index contributed by atoms with van der Waals surface area (Å²) in [5.74, 6) is 0.0216. The number of nitrogens with one attached hydrogen (secondary N) is 1. The summed E-state index contributed by atoms with van der Waals surface area (Å²) in [4.78, 5) is 11.8. The lowest BCUT2D eigenvalue weighted by Crippen LogP contribution is -2.43. The molecule has 3 N–H and O–H groups in total. The second kappa shape index (κ2) is 6.34. The van der Waals surface area contributed by atoms with E-state index in [1.807, 2.05) is 50.4 Å². The van der Waals surface area contributed by atoms with Crippen LogP contribution in [0.3, 0.4) is 0 Å². The molecule has 2 rings (SSSR count). The Morgan fingerprint density at radius 1 is 1.35 bits per heavy atom. The minimum atomic E-state index is -0.460. The van der Waals surface area contributed by atoms with Crippen molar-refractivity contribution in [1.82, 2.24) is 15.1 Å². The van der Waals surface area contributed by atoms with Crippen LogP contribution in [0.1, 0.15) is 19.4 Å². The Morgan fingerprint density at radius 3 is 2.60 bits per heavy atom. The zero-order valence-corrected chi connectivity index (χ0v) is 11.8. The molecule has 1 atom stereocenters. The fourth-order valence-electron chi connectivity index (χ4n) is 1.80. The molecule has 0 unspecified atom stereocenters. The van der Waals surface area contributed by atoms with Crippen LogP contribution in [0.15, 0.2) is 42.7 Å². The molecule has 1 amide bonds. The maximum absolute atomic E-state index is 11.8. The van der Waals surface area contributed by atoms with Gasteiger partial charge in [0.1, 0.15) is 0 Å². The number of nitrogens with zero attached hydrogens (tertiary/aromatic N) is 2. The molecule has 0 saturated carbocycles. The summed E-state index contributed by atoms with van der Waals surface area (Å²) < 4.78 is 1.79. The highest BCUT2D eigenvalue weighted by Gasteiger charge is 2.16. The minimum Gasteiger partial charge on any atom is -0.351 e. The van der Waals surface area contributed by atoms with Gasteiger partial charge in [0.2, 0.25) is 5.91 Å². The third-order valence-electron chi connectivity index (χ3n) is 3.19. The first-order valence-corrected chi connectivity index (χ1v) is 6.70. The Morgan fingerprint density at radius 2 is 2.05 bits per heavy atom. The number of benzene rings is 1. The maximum Gasteiger partial charge on any atom is 0.237 e. The van der Waals surface area contributed by atoms with Crippen LogP contribution in [0, 0.1) is 5.92 Å². The van der Waals surface area contributed by atoms with Crippen molar-refractivity contribution in [2.24, 2.45) is 11.7 Å². The summed E-state index contributed by atoms with van der Waals surface area (Å²) in [6.45, 7) is 4.35. The predicted molar refractivity (Wildman–Crippen MR) is 78.2 cm³/mol. The molecule has 1 aromatic heterocycles. The second-order valence-electron chi connectivity index (χ2n) is 5.10. The SMILES string of the molecule is CC(C)[C@H](N)C(=O)NCc1ccc(-n2cccn2)cc1. The van der Waals surface area contributed by atoms with E-state index in [2.05, 4.69) is 10.4 Å². The van der Waals surface area contributed by atoms with Crippen LogP contribution < -0.4 is 11.1 Å². The van der Waals surface area contributed by atoms with Crippen LogP contribution in [0.2, 0.25) is 0 Å². The van der Waals surface area contributed by atoms with Gasteiger partial charge in [-0.2, -0.15) is 5.10 Å². The first kappa shape index (κ1) is 14.3. The van der Waals surface area contributed by atoms with Gasteiger partial charge < -0.3 is 11.1 Å². The van der Waals surface area contributed by atoms with Crippen molar-refractivity contribution in [3.8, 4) is 5.69 Å². The van der Waals surface area contributed by atoms with Gasteiger partial charge in [0.25, 0.3) is 0 Å². The quantitative estimate of drug-likeness (QED) is 0.865.